The molecule has 0 aliphatic heterocycles. The van der Waals surface area contributed by atoms with Crippen LogP contribution in [0.15, 0.2) is 24.3 Å². The van der Waals surface area contributed by atoms with Crippen molar-refractivity contribution >= 4 is 0 Å². The van der Waals surface area contributed by atoms with Crippen molar-refractivity contribution in [3.05, 3.63) is 29.8 Å². The molecule has 0 bridgehead atoms. The van der Waals surface area contributed by atoms with Crippen LogP contribution in [0.25, 0.3) is 0 Å². The smallest absolute Gasteiger partial charge is 0.455 e. The van der Waals surface area contributed by atoms with Gasteiger partial charge >= 0.3 is 12.1 Å². The summed E-state index contributed by atoms with van der Waals surface area (Å²) in [6.07, 6.45) is -5.81. The van der Waals surface area contributed by atoms with Gasteiger partial charge in [-0.3, -0.25) is 0 Å². The van der Waals surface area contributed by atoms with E-state index in [4.69, 9.17) is 10.5 Å². The molecule has 0 aliphatic carbocycles. The predicted molar refractivity (Wildman–Crippen MR) is 60.1 cm³/mol. The predicted octanol–water partition coefficient (Wildman–Crippen LogP) is 3.67. The van der Waals surface area contributed by atoms with Crippen LogP contribution in [0.2, 0.25) is 0 Å². The van der Waals surface area contributed by atoms with E-state index in [0.717, 1.165) is 12.1 Å². The number of nitrogens with two attached hydrogens (primary N) is 1. The zero-order valence-electron chi connectivity index (χ0n) is 10.3. The van der Waals surface area contributed by atoms with Crippen molar-refractivity contribution in [3.63, 3.8) is 0 Å². The Morgan fingerprint density at radius 3 is 1.84 bits per heavy atom. The van der Waals surface area contributed by atoms with Crippen LogP contribution in [0.4, 0.5) is 22.0 Å². The van der Waals surface area contributed by atoms with Crippen LogP contribution in [0.1, 0.15) is 25.5 Å². The summed E-state index contributed by atoms with van der Waals surface area (Å²) in [5, 5.41) is 0. The maximum absolute atomic E-state index is 13.0. The minimum Gasteiger partial charge on any atom is -0.491 e. The minimum absolute atomic E-state index is 0.129. The molecule has 0 amide bonds. The number of ether oxygens (including phenoxy) is 1. The summed E-state index contributed by atoms with van der Waals surface area (Å²) < 4.78 is 67.8. The topological polar surface area (TPSA) is 35.2 Å². The molecule has 0 radical (unpaired) electrons. The highest BCUT2D eigenvalue weighted by atomic mass is 19.4. The van der Waals surface area contributed by atoms with E-state index in [1.165, 1.54) is 12.1 Å². The SMILES string of the molecule is CC(C)Oc1ccc([C@H](N)C(F)(F)C(F)(F)F)cc1. The van der Waals surface area contributed by atoms with Crippen molar-refractivity contribution in [2.24, 2.45) is 5.73 Å². The minimum atomic E-state index is -5.68. The molecular weight excluding hydrogens is 269 g/mol. The second-order valence-electron chi connectivity index (χ2n) is 4.33. The highest BCUT2D eigenvalue weighted by Crippen LogP contribution is 2.43. The Morgan fingerprint density at radius 2 is 1.47 bits per heavy atom. The third-order valence-corrected chi connectivity index (χ3v) is 2.38. The number of hydrogen-bond donors (Lipinski definition) is 1. The average Bonchev–Trinajstić information content (AvgIpc) is 2.26. The highest BCUT2D eigenvalue weighted by molar-refractivity contribution is 5.30. The molecule has 2 nitrogen and oxygen atoms in total. The van der Waals surface area contributed by atoms with Crippen LogP contribution >= 0.6 is 0 Å². The lowest BCUT2D eigenvalue weighted by Gasteiger charge is -2.26. The standard InChI is InChI=1S/C12H14F5NO/c1-7(2)19-9-5-3-8(4-6-9)10(18)11(13,14)12(15,16)17/h3-7,10H,18H2,1-2H3/t10-/m0/s1. The number of alkyl halides is 5. The maximum atomic E-state index is 13.0. The van der Waals surface area contributed by atoms with Gasteiger partial charge < -0.3 is 10.5 Å². The van der Waals surface area contributed by atoms with Gasteiger partial charge in [-0.15, -0.1) is 0 Å². The lowest BCUT2D eigenvalue weighted by atomic mass is 10.0. The van der Waals surface area contributed by atoms with Gasteiger partial charge in [0.05, 0.1) is 6.10 Å². The summed E-state index contributed by atoms with van der Waals surface area (Å²) in [5.74, 6) is -4.60. The first-order chi connectivity index (χ1) is 8.55. The molecule has 0 saturated carbocycles. The first kappa shape index (κ1) is 15.7. The van der Waals surface area contributed by atoms with Crippen molar-refractivity contribution in [3.8, 4) is 5.75 Å². The summed E-state index contributed by atoms with van der Waals surface area (Å²) in [6.45, 7) is 3.52. The van der Waals surface area contributed by atoms with E-state index in [1.807, 2.05) is 0 Å². The quantitative estimate of drug-likeness (QED) is 0.856. The molecule has 1 aromatic rings. The summed E-state index contributed by atoms with van der Waals surface area (Å²) in [4.78, 5) is 0. The first-order valence-corrected chi connectivity index (χ1v) is 5.52. The van der Waals surface area contributed by atoms with Crippen LogP contribution in [-0.4, -0.2) is 18.2 Å². The molecule has 108 valence electrons. The van der Waals surface area contributed by atoms with E-state index in [0.29, 0.717) is 5.75 Å². The summed E-state index contributed by atoms with van der Waals surface area (Å²) >= 11 is 0. The Balaban J connectivity index is 2.92. The number of halogens is 5. The molecule has 1 rings (SSSR count). The molecule has 7 heteroatoms. The molecule has 0 aromatic heterocycles. The fraction of sp³-hybridized carbons (Fsp3) is 0.500. The van der Waals surface area contributed by atoms with Gasteiger partial charge in [0.15, 0.2) is 0 Å². The van der Waals surface area contributed by atoms with E-state index >= 15 is 0 Å². The Labute approximate surface area is 107 Å². The molecule has 1 atom stereocenters. The van der Waals surface area contributed by atoms with Crippen LogP contribution in [0, 0.1) is 0 Å². The maximum Gasteiger partial charge on any atom is 0.455 e. The van der Waals surface area contributed by atoms with Crippen molar-refractivity contribution in [1.29, 1.82) is 0 Å². The second kappa shape index (κ2) is 5.32. The van der Waals surface area contributed by atoms with Gasteiger partial charge in [-0.2, -0.15) is 22.0 Å². The monoisotopic (exact) mass is 283 g/mol. The zero-order valence-corrected chi connectivity index (χ0v) is 10.3. The van der Waals surface area contributed by atoms with Gasteiger partial charge in [-0.05, 0) is 31.5 Å². The van der Waals surface area contributed by atoms with Crippen LogP contribution in [-0.2, 0) is 0 Å². The van der Waals surface area contributed by atoms with Gasteiger partial charge in [-0.25, -0.2) is 0 Å². The molecule has 0 fully saturated rings. The molecule has 0 heterocycles. The van der Waals surface area contributed by atoms with E-state index in [-0.39, 0.29) is 11.7 Å². The molecule has 0 unspecified atom stereocenters. The van der Waals surface area contributed by atoms with Crippen molar-refractivity contribution in [2.45, 2.75) is 38.1 Å². The molecule has 2 N–H and O–H groups in total. The Bertz CT molecular complexity index is 413. The second-order valence-corrected chi connectivity index (χ2v) is 4.33. The van der Waals surface area contributed by atoms with E-state index in [2.05, 4.69) is 0 Å². The lowest BCUT2D eigenvalue weighted by Crippen LogP contribution is -2.45. The third kappa shape index (κ3) is 3.56. The summed E-state index contributed by atoms with van der Waals surface area (Å²) in [7, 11) is 0. The van der Waals surface area contributed by atoms with Crippen molar-refractivity contribution in [1.82, 2.24) is 0 Å². The van der Waals surface area contributed by atoms with Crippen LogP contribution in [0.5, 0.6) is 5.75 Å². The van der Waals surface area contributed by atoms with Crippen LogP contribution in [0.3, 0.4) is 0 Å². The van der Waals surface area contributed by atoms with E-state index in [9.17, 15) is 22.0 Å². The third-order valence-electron chi connectivity index (χ3n) is 2.38. The average molecular weight is 283 g/mol. The Morgan fingerprint density at radius 1 is 1.00 bits per heavy atom. The van der Waals surface area contributed by atoms with Gasteiger partial charge in [0, 0.05) is 0 Å². The molecule has 19 heavy (non-hydrogen) atoms. The van der Waals surface area contributed by atoms with Crippen LogP contribution < -0.4 is 10.5 Å². The zero-order chi connectivity index (χ0) is 14.8. The fourth-order valence-electron chi connectivity index (χ4n) is 1.41. The summed E-state index contributed by atoms with van der Waals surface area (Å²) in [5.41, 5.74) is 4.69. The largest absolute Gasteiger partial charge is 0.491 e. The number of hydrogen-bond acceptors (Lipinski definition) is 2. The van der Waals surface area contributed by atoms with E-state index < -0.39 is 18.1 Å². The van der Waals surface area contributed by atoms with Gasteiger partial charge in [0.1, 0.15) is 11.8 Å². The normalized spacial score (nSPS) is 14.6. The molecule has 0 aliphatic rings. The fourth-order valence-corrected chi connectivity index (χ4v) is 1.41. The molecule has 0 saturated heterocycles. The van der Waals surface area contributed by atoms with Crippen molar-refractivity contribution < 1.29 is 26.7 Å². The van der Waals surface area contributed by atoms with Gasteiger partial charge in [-0.1, -0.05) is 12.1 Å². The van der Waals surface area contributed by atoms with Gasteiger partial charge in [0.2, 0.25) is 0 Å². The number of rotatable bonds is 4. The molecular formula is C12H14F5NO. The molecule has 0 spiro atoms. The van der Waals surface area contributed by atoms with Crippen molar-refractivity contribution in [2.75, 3.05) is 0 Å². The lowest BCUT2D eigenvalue weighted by molar-refractivity contribution is -0.291. The Hall–Kier alpha value is -1.37. The highest BCUT2D eigenvalue weighted by Gasteiger charge is 2.61. The Kier molecular flexibility index (Phi) is 4.39. The van der Waals surface area contributed by atoms with E-state index in [1.54, 1.807) is 13.8 Å². The number of benzene rings is 1. The van der Waals surface area contributed by atoms with Gasteiger partial charge in [0.25, 0.3) is 0 Å². The summed E-state index contributed by atoms with van der Waals surface area (Å²) in [6, 6.07) is 2.37. The molecule has 1 aromatic carbocycles. The first-order valence-electron chi connectivity index (χ1n) is 5.52.